The molecule has 1 aliphatic rings. The fourth-order valence-electron chi connectivity index (χ4n) is 2.09. The molecule has 0 radical (unpaired) electrons. The minimum atomic E-state index is 0.930. The largest absolute Gasteiger partial charge is 0.370 e. The smallest absolute Gasteiger partial charge is 0.130 e. The van der Waals surface area contributed by atoms with Gasteiger partial charge < -0.3 is 5.32 Å². The van der Waals surface area contributed by atoms with E-state index >= 15 is 0 Å². The molecule has 1 N–H and O–H groups in total. The maximum Gasteiger partial charge on any atom is 0.130 e. The van der Waals surface area contributed by atoms with Crippen LogP contribution in [0.2, 0.25) is 0 Å². The molecule has 4 heteroatoms. The molecular weight excluding hydrogens is 230 g/mol. The Hall–Kier alpha value is -0.740. The summed E-state index contributed by atoms with van der Waals surface area (Å²) < 4.78 is 0. The monoisotopic (exact) mass is 251 g/mol. The number of anilines is 1. The van der Waals surface area contributed by atoms with Gasteiger partial charge in [0.1, 0.15) is 5.82 Å². The lowest BCUT2D eigenvalue weighted by molar-refractivity contribution is 0.287. The Labute approximate surface area is 108 Å². The van der Waals surface area contributed by atoms with Crippen molar-refractivity contribution in [2.24, 2.45) is 0 Å². The molecule has 0 spiro atoms. The van der Waals surface area contributed by atoms with Gasteiger partial charge in [-0.05, 0) is 31.7 Å². The molecule has 3 nitrogen and oxygen atoms in total. The number of pyridine rings is 1. The second-order valence-corrected chi connectivity index (χ2v) is 5.51. The standard InChI is InChI=1S/C13H21N3S/c1-2-14-13-12(5-3-6-15-13)11-16-7-4-9-17-10-8-16/h3,5-6H,2,4,7-11H2,1H3,(H,14,15). The number of nitrogens with zero attached hydrogens (tertiary/aromatic N) is 2. The summed E-state index contributed by atoms with van der Waals surface area (Å²) >= 11 is 2.07. The lowest BCUT2D eigenvalue weighted by Gasteiger charge is -2.20. The molecule has 2 heterocycles. The van der Waals surface area contributed by atoms with Crippen molar-refractivity contribution in [3.63, 3.8) is 0 Å². The van der Waals surface area contributed by atoms with Crippen molar-refractivity contribution in [2.45, 2.75) is 19.9 Å². The summed E-state index contributed by atoms with van der Waals surface area (Å²) in [6.45, 7) is 6.48. The third-order valence-electron chi connectivity index (χ3n) is 2.94. The van der Waals surface area contributed by atoms with E-state index in [4.69, 9.17) is 0 Å². The first kappa shape index (κ1) is 12.7. The molecule has 1 aromatic rings. The first-order valence-corrected chi connectivity index (χ1v) is 7.53. The van der Waals surface area contributed by atoms with Crippen molar-refractivity contribution < 1.29 is 0 Å². The van der Waals surface area contributed by atoms with Gasteiger partial charge in [-0.3, -0.25) is 4.90 Å². The highest BCUT2D eigenvalue weighted by Gasteiger charge is 2.11. The van der Waals surface area contributed by atoms with Crippen LogP contribution < -0.4 is 5.32 Å². The molecular formula is C13H21N3S. The van der Waals surface area contributed by atoms with Crippen molar-refractivity contribution in [1.82, 2.24) is 9.88 Å². The molecule has 0 atom stereocenters. The van der Waals surface area contributed by atoms with Gasteiger partial charge in [-0.1, -0.05) is 6.07 Å². The second kappa shape index (κ2) is 6.87. The van der Waals surface area contributed by atoms with Gasteiger partial charge >= 0.3 is 0 Å². The van der Waals surface area contributed by atoms with Crippen molar-refractivity contribution in [3.8, 4) is 0 Å². The molecule has 1 saturated heterocycles. The van der Waals surface area contributed by atoms with Crippen LogP contribution in [0.25, 0.3) is 0 Å². The molecule has 1 aliphatic heterocycles. The second-order valence-electron chi connectivity index (χ2n) is 4.28. The van der Waals surface area contributed by atoms with Gasteiger partial charge in [0.25, 0.3) is 0 Å². The molecule has 0 aromatic carbocycles. The summed E-state index contributed by atoms with van der Waals surface area (Å²) in [5.74, 6) is 3.62. The molecule has 0 bridgehead atoms. The first-order chi connectivity index (χ1) is 8.40. The van der Waals surface area contributed by atoms with Crippen LogP contribution in [0, 0.1) is 0 Å². The molecule has 2 rings (SSSR count). The van der Waals surface area contributed by atoms with E-state index in [9.17, 15) is 0 Å². The Kier molecular flexibility index (Phi) is 5.13. The summed E-state index contributed by atoms with van der Waals surface area (Å²) in [5.41, 5.74) is 1.32. The Balaban J connectivity index is 2.00. The summed E-state index contributed by atoms with van der Waals surface area (Å²) in [4.78, 5) is 6.95. The highest BCUT2D eigenvalue weighted by Crippen LogP contribution is 2.17. The first-order valence-electron chi connectivity index (χ1n) is 6.38. The minimum Gasteiger partial charge on any atom is -0.370 e. The van der Waals surface area contributed by atoms with Gasteiger partial charge in [0.2, 0.25) is 0 Å². The predicted molar refractivity (Wildman–Crippen MR) is 75.6 cm³/mol. The van der Waals surface area contributed by atoms with Crippen molar-refractivity contribution in [3.05, 3.63) is 23.9 Å². The van der Waals surface area contributed by atoms with E-state index in [1.807, 2.05) is 12.3 Å². The lowest BCUT2D eigenvalue weighted by atomic mass is 10.2. The summed E-state index contributed by atoms with van der Waals surface area (Å²) in [6.07, 6.45) is 3.17. The average Bonchev–Trinajstić information content (AvgIpc) is 2.61. The third kappa shape index (κ3) is 3.89. The molecule has 94 valence electrons. The molecule has 0 amide bonds. The number of aromatic nitrogens is 1. The zero-order valence-electron chi connectivity index (χ0n) is 10.5. The zero-order valence-corrected chi connectivity index (χ0v) is 11.3. The molecule has 0 aliphatic carbocycles. The van der Waals surface area contributed by atoms with E-state index in [0.717, 1.165) is 18.9 Å². The van der Waals surface area contributed by atoms with Crippen molar-refractivity contribution >= 4 is 17.6 Å². The average molecular weight is 251 g/mol. The quantitative estimate of drug-likeness (QED) is 0.890. The SMILES string of the molecule is CCNc1ncccc1CN1CCCSCC1. The number of nitrogens with one attached hydrogen (secondary N) is 1. The van der Waals surface area contributed by atoms with Crippen LogP contribution in [-0.4, -0.2) is 41.0 Å². The van der Waals surface area contributed by atoms with E-state index in [1.165, 1.54) is 36.6 Å². The fourth-order valence-corrected chi connectivity index (χ4v) is 3.01. The number of rotatable bonds is 4. The van der Waals surface area contributed by atoms with Gasteiger partial charge in [0, 0.05) is 37.1 Å². The van der Waals surface area contributed by atoms with Gasteiger partial charge in [-0.2, -0.15) is 11.8 Å². The van der Waals surface area contributed by atoms with Crippen LogP contribution in [0.5, 0.6) is 0 Å². The van der Waals surface area contributed by atoms with Gasteiger partial charge in [-0.25, -0.2) is 4.98 Å². The van der Waals surface area contributed by atoms with Gasteiger partial charge in [0.05, 0.1) is 0 Å². The highest BCUT2D eigenvalue weighted by molar-refractivity contribution is 7.99. The van der Waals surface area contributed by atoms with Crippen LogP contribution >= 0.6 is 11.8 Å². The minimum absolute atomic E-state index is 0.930. The van der Waals surface area contributed by atoms with Crippen LogP contribution in [-0.2, 0) is 6.54 Å². The fraction of sp³-hybridized carbons (Fsp3) is 0.615. The molecule has 17 heavy (non-hydrogen) atoms. The highest BCUT2D eigenvalue weighted by atomic mass is 32.2. The Morgan fingerprint density at radius 2 is 2.35 bits per heavy atom. The van der Waals surface area contributed by atoms with Crippen molar-refractivity contribution in [1.29, 1.82) is 0 Å². The summed E-state index contributed by atoms with van der Waals surface area (Å²) in [6, 6.07) is 4.21. The van der Waals surface area contributed by atoms with Gasteiger partial charge in [-0.15, -0.1) is 0 Å². The van der Waals surface area contributed by atoms with E-state index in [2.05, 4.69) is 40.0 Å². The van der Waals surface area contributed by atoms with Crippen LogP contribution in [0.4, 0.5) is 5.82 Å². The normalized spacial score (nSPS) is 17.7. The van der Waals surface area contributed by atoms with Crippen LogP contribution in [0.15, 0.2) is 18.3 Å². The maximum absolute atomic E-state index is 4.41. The predicted octanol–water partition coefficient (Wildman–Crippen LogP) is 2.45. The lowest BCUT2D eigenvalue weighted by Crippen LogP contribution is -2.26. The topological polar surface area (TPSA) is 28.2 Å². The number of hydrogen-bond donors (Lipinski definition) is 1. The molecule has 0 saturated carbocycles. The molecule has 1 fully saturated rings. The van der Waals surface area contributed by atoms with E-state index in [1.54, 1.807) is 0 Å². The molecule has 0 unspecified atom stereocenters. The Morgan fingerprint density at radius 1 is 1.41 bits per heavy atom. The van der Waals surface area contributed by atoms with Crippen LogP contribution in [0.3, 0.4) is 0 Å². The number of thioether (sulfide) groups is 1. The van der Waals surface area contributed by atoms with Crippen LogP contribution in [0.1, 0.15) is 18.9 Å². The molecule has 1 aromatic heterocycles. The van der Waals surface area contributed by atoms with Crippen molar-refractivity contribution in [2.75, 3.05) is 36.5 Å². The number of hydrogen-bond acceptors (Lipinski definition) is 4. The van der Waals surface area contributed by atoms with Gasteiger partial charge in [0.15, 0.2) is 0 Å². The Bertz CT molecular complexity index is 335. The third-order valence-corrected chi connectivity index (χ3v) is 3.99. The zero-order chi connectivity index (χ0) is 11.9. The van der Waals surface area contributed by atoms with E-state index in [-0.39, 0.29) is 0 Å². The summed E-state index contributed by atoms with van der Waals surface area (Å²) in [7, 11) is 0. The van der Waals surface area contributed by atoms with E-state index in [0.29, 0.717) is 0 Å². The maximum atomic E-state index is 4.41. The Morgan fingerprint density at radius 3 is 3.24 bits per heavy atom. The van der Waals surface area contributed by atoms with E-state index < -0.39 is 0 Å². The summed E-state index contributed by atoms with van der Waals surface area (Å²) in [5, 5.41) is 3.34.